The fourth-order valence-corrected chi connectivity index (χ4v) is 3.18. The number of nitrogens with zero attached hydrogens (tertiary/aromatic N) is 2. The van der Waals surface area contributed by atoms with Crippen LogP contribution in [-0.2, 0) is 11.2 Å². The third-order valence-corrected chi connectivity index (χ3v) is 4.79. The predicted octanol–water partition coefficient (Wildman–Crippen LogP) is 4.00. The van der Waals surface area contributed by atoms with Crippen molar-refractivity contribution < 1.29 is 4.79 Å². The van der Waals surface area contributed by atoms with Crippen molar-refractivity contribution in [2.75, 3.05) is 32.1 Å². The maximum atomic E-state index is 12.5. The smallest absolute Gasteiger partial charge is 0.223 e. The van der Waals surface area contributed by atoms with Gasteiger partial charge in [0, 0.05) is 39.3 Å². The summed E-state index contributed by atoms with van der Waals surface area (Å²) < 4.78 is 0. The third-order valence-electron chi connectivity index (χ3n) is 4.79. The Labute approximate surface area is 150 Å². The molecule has 3 nitrogen and oxygen atoms in total. The lowest BCUT2D eigenvalue weighted by molar-refractivity contribution is -0.130. The van der Waals surface area contributed by atoms with E-state index in [0.717, 1.165) is 25.9 Å². The van der Waals surface area contributed by atoms with E-state index in [1.165, 1.54) is 22.4 Å². The summed E-state index contributed by atoms with van der Waals surface area (Å²) in [6.07, 6.45) is 4.52. The quantitative estimate of drug-likeness (QED) is 0.825. The van der Waals surface area contributed by atoms with Gasteiger partial charge in [-0.05, 0) is 41.7 Å². The molecule has 0 bridgehead atoms. The van der Waals surface area contributed by atoms with E-state index in [1.807, 2.05) is 25.1 Å². The van der Waals surface area contributed by atoms with Gasteiger partial charge in [0.15, 0.2) is 0 Å². The molecule has 0 aliphatic carbocycles. The second-order valence-corrected chi connectivity index (χ2v) is 6.75. The van der Waals surface area contributed by atoms with Crippen molar-refractivity contribution in [3.63, 3.8) is 0 Å². The maximum Gasteiger partial charge on any atom is 0.223 e. The zero-order valence-electron chi connectivity index (χ0n) is 15.1. The van der Waals surface area contributed by atoms with Crippen LogP contribution in [0.2, 0.25) is 0 Å². The molecule has 0 radical (unpaired) electrons. The Kier molecular flexibility index (Phi) is 5.54. The van der Waals surface area contributed by atoms with Crippen molar-refractivity contribution >= 4 is 17.2 Å². The first-order valence-electron chi connectivity index (χ1n) is 8.92. The van der Waals surface area contributed by atoms with Crippen LogP contribution >= 0.6 is 0 Å². The molecule has 3 heteroatoms. The Balaban J connectivity index is 1.52. The van der Waals surface area contributed by atoms with Crippen LogP contribution < -0.4 is 4.90 Å². The van der Waals surface area contributed by atoms with E-state index in [1.54, 1.807) is 0 Å². The summed E-state index contributed by atoms with van der Waals surface area (Å²) in [6, 6.07) is 18.9. The van der Waals surface area contributed by atoms with Crippen molar-refractivity contribution in [2.24, 2.45) is 0 Å². The zero-order valence-corrected chi connectivity index (χ0v) is 15.1. The number of hydrogen-bond acceptors (Lipinski definition) is 2. The number of hydrogen-bond donors (Lipinski definition) is 0. The molecule has 0 saturated heterocycles. The van der Waals surface area contributed by atoms with Gasteiger partial charge in [-0.2, -0.15) is 0 Å². The van der Waals surface area contributed by atoms with Gasteiger partial charge in [-0.25, -0.2) is 0 Å². The highest BCUT2D eigenvalue weighted by molar-refractivity contribution is 5.78. The molecular formula is C22H26N2O. The lowest BCUT2D eigenvalue weighted by Crippen LogP contribution is -2.34. The molecule has 1 aliphatic heterocycles. The van der Waals surface area contributed by atoms with Gasteiger partial charge < -0.3 is 9.80 Å². The van der Waals surface area contributed by atoms with Gasteiger partial charge in [0.2, 0.25) is 5.91 Å². The van der Waals surface area contributed by atoms with E-state index in [4.69, 9.17) is 0 Å². The average molecular weight is 334 g/mol. The Bertz CT molecular complexity index is 732. The largest absolute Gasteiger partial charge is 0.378 e. The Morgan fingerprint density at radius 2 is 1.76 bits per heavy atom. The van der Waals surface area contributed by atoms with E-state index < -0.39 is 0 Å². The van der Waals surface area contributed by atoms with Crippen LogP contribution in [-0.4, -0.2) is 38.0 Å². The number of anilines is 1. The molecule has 0 unspecified atom stereocenters. The number of amides is 1. The Morgan fingerprint density at radius 3 is 2.36 bits per heavy atom. The first kappa shape index (κ1) is 17.3. The van der Waals surface area contributed by atoms with Crippen LogP contribution in [0.15, 0.2) is 60.7 Å². The van der Waals surface area contributed by atoms with Crippen LogP contribution in [0.25, 0.3) is 5.57 Å². The topological polar surface area (TPSA) is 23.6 Å². The molecule has 3 rings (SSSR count). The molecule has 2 aromatic carbocycles. The van der Waals surface area contributed by atoms with Gasteiger partial charge in [-0.3, -0.25) is 4.79 Å². The molecule has 0 aromatic heterocycles. The van der Waals surface area contributed by atoms with E-state index in [9.17, 15) is 4.79 Å². The summed E-state index contributed by atoms with van der Waals surface area (Å²) >= 11 is 0. The maximum absolute atomic E-state index is 12.5. The number of rotatable bonds is 5. The molecule has 2 aromatic rings. The van der Waals surface area contributed by atoms with Crippen molar-refractivity contribution in [2.45, 2.75) is 19.3 Å². The molecule has 1 heterocycles. The lowest BCUT2D eigenvalue weighted by Gasteiger charge is -2.27. The lowest BCUT2D eigenvalue weighted by atomic mass is 9.99. The second kappa shape index (κ2) is 8.02. The molecule has 0 N–H and O–H groups in total. The molecule has 1 aliphatic rings. The summed E-state index contributed by atoms with van der Waals surface area (Å²) in [5, 5.41) is 0. The minimum Gasteiger partial charge on any atom is -0.378 e. The van der Waals surface area contributed by atoms with Gasteiger partial charge in [0.1, 0.15) is 0 Å². The summed E-state index contributed by atoms with van der Waals surface area (Å²) in [4.78, 5) is 16.5. The molecule has 25 heavy (non-hydrogen) atoms. The summed E-state index contributed by atoms with van der Waals surface area (Å²) in [7, 11) is 4.07. The second-order valence-electron chi connectivity index (χ2n) is 6.75. The highest BCUT2D eigenvalue weighted by Gasteiger charge is 2.17. The van der Waals surface area contributed by atoms with Crippen LogP contribution in [0.3, 0.4) is 0 Å². The van der Waals surface area contributed by atoms with E-state index >= 15 is 0 Å². The molecule has 0 saturated carbocycles. The highest BCUT2D eigenvalue weighted by Crippen LogP contribution is 2.22. The molecule has 0 fully saturated rings. The van der Waals surface area contributed by atoms with Crippen LogP contribution in [0.1, 0.15) is 24.0 Å². The number of aryl methyl sites for hydroxylation is 1. The fourth-order valence-electron chi connectivity index (χ4n) is 3.18. The van der Waals surface area contributed by atoms with Gasteiger partial charge in [-0.15, -0.1) is 0 Å². The molecule has 130 valence electrons. The number of carbonyl (C=O) groups excluding carboxylic acids is 1. The third kappa shape index (κ3) is 4.50. The van der Waals surface area contributed by atoms with Gasteiger partial charge in [0.25, 0.3) is 0 Å². The number of benzene rings is 2. The fraction of sp³-hybridized carbons (Fsp3) is 0.318. The van der Waals surface area contributed by atoms with Gasteiger partial charge in [-0.1, -0.05) is 48.5 Å². The van der Waals surface area contributed by atoms with Crippen LogP contribution in [0, 0.1) is 0 Å². The van der Waals surface area contributed by atoms with E-state index in [-0.39, 0.29) is 5.91 Å². The van der Waals surface area contributed by atoms with E-state index in [0.29, 0.717) is 6.42 Å². The molecule has 0 spiro atoms. The van der Waals surface area contributed by atoms with E-state index in [2.05, 4.69) is 59.5 Å². The minimum atomic E-state index is 0.250. The predicted molar refractivity (Wildman–Crippen MR) is 105 cm³/mol. The Morgan fingerprint density at radius 1 is 1.04 bits per heavy atom. The summed E-state index contributed by atoms with van der Waals surface area (Å²) in [5.74, 6) is 0.250. The van der Waals surface area contributed by atoms with Crippen molar-refractivity contribution in [1.29, 1.82) is 0 Å². The molecule has 0 atom stereocenters. The highest BCUT2D eigenvalue weighted by atomic mass is 16.2. The Hall–Kier alpha value is -2.55. The number of carbonyl (C=O) groups is 1. The standard InChI is InChI=1S/C22H26N2O/c1-23(2)21-11-8-18(9-12-21)10-13-22(25)24-16-14-20(15-17-24)19-6-4-3-5-7-19/h3-9,11-12,14H,10,13,15-17H2,1-2H3. The van der Waals surface area contributed by atoms with Crippen LogP contribution in [0.5, 0.6) is 0 Å². The molecule has 1 amide bonds. The van der Waals surface area contributed by atoms with Crippen molar-refractivity contribution in [3.05, 3.63) is 71.8 Å². The summed E-state index contributed by atoms with van der Waals surface area (Å²) in [6.45, 7) is 1.54. The minimum absolute atomic E-state index is 0.250. The SMILES string of the molecule is CN(C)c1ccc(CCC(=O)N2CC=C(c3ccccc3)CC2)cc1. The monoisotopic (exact) mass is 334 g/mol. The van der Waals surface area contributed by atoms with Crippen molar-refractivity contribution in [1.82, 2.24) is 4.90 Å². The zero-order chi connectivity index (χ0) is 17.6. The van der Waals surface area contributed by atoms with Gasteiger partial charge >= 0.3 is 0 Å². The first-order chi connectivity index (χ1) is 12.1. The van der Waals surface area contributed by atoms with Gasteiger partial charge in [0.05, 0.1) is 0 Å². The summed E-state index contributed by atoms with van der Waals surface area (Å²) in [5.41, 5.74) is 5.03. The van der Waals surface area contributed by atoms with Crippen molar-refractivity contribution in [3.8, 4) is 0 Å². The average Bonchev–Trinajstić information content (AvgIpc) is 2.67. The normalized spacial score (nSPS) is 14.2. The van der Waals surface area contributed by atoms with Crippen LogP contribution in [0.4, 0.5) is 5.69 Å². The molecular weight excluding hydrogens is 308 g/mol. The first-order valence-corrected chi connectivity index (χ1v) is 8.92.